The minimum atomic E-state index is -4.42. The quantitative estimate of drug-likeness (QED) is 0.872. The highest BCUT2D eigenvalue weighted by molar-refractivity contribution is 5.46. The summed E-state index contributed by atoms with van der Waals surface area (Å²) in [5, 5.41) is 9.02. The SMILES string of the molecule is CCOc1cccc(CO)c1OCC(F)(F)F. The number of hydrogen-bond donors (Lipinski definition) is 1. The summed E-state index contributed by atoms with van der Waals surface area (Å²) in [5.41, 5.74) is 0.264. The smallest absolute Gasteiger partial charge is 0.422 e. The van der Waals surface area contributed by atoms with Crippen molar-refractivity contribution in [1.29, 1.82) is 0 Å². The molecule has 0 amide bonds. The number of halogens is 3. The zero-order valence-corrected chi connectivity index (χ0v) is 9.25. The molecule has 0 aliphatic rings. The van der Waals surface area contributed by atoms with Gasteiger partial charge in [0.1, 0.15) is 0 Å². The van der Waals surface area contributed by atoms with Crippen molar-refractivity contribution in [3.8, 4) is 11.5 Å². The van der Waals surface area contributed by atoms with Gasteiger partial charge in [-0.15, -0.1) is 0 Å². The number of para-hydroxylation sites is 1. The molecule has 0 saturated heterocycles. The molecule has 0 saturated carbocycles. The normalized spacial score (nSPS) is 11.4. The third-order valence-corrected chi connectivity index (χ3v) is 1.91. The minimum Gasteiger partial charge on any atom is -0.490 e. The van der Waals surface area contributed by atoms with Gasteiger partial charge in [-0.3, -0.25) is 0 Å². The van der Waals surface area contributed by atoms with Crippen LogP contribution in [0.25, 0.3) is 0 Å². The molecule has 0 aliphatic heterocycles. The fraction of sp³-hybridized carbons (Fsp3) is 0.455. The van der Waals surface area contributed by atoms with Crippen molar-refractivity contribution in [2.24, 2.45) is 0 Å². The van der Waals surface area contributed by atoms with Crippen LogP contribution >= 0.6 is 0 Å². The largest absolute Gasteiger partial charge is 0.490 e. The van der Waals surface area contributed by atoms with Gasteiger partial charge < -0.3 is 14.6 Å². The first-order chi connectivity index (χ1) is 7.98. The number of hydrogen-bond acceptors (Lipinski definition) is 3. The summed E-state index contributed by atoms with van der Waals surface area (Å²) in [6, 6.07) is 4.56. The summed E-state index contributed by atoms with van der Waals surface area (Å²) in [6.07, 6.45) is -4.42. The van der Waals surface area contributed by atoms with Crippen LogP contribution in [-0.4, -0.2) is 24.5 Å². The molecular weight excluding hydrogens is 237 g/mol. The third kappa shape index (κ3) is 4.14. The summed E-state index contributed by atoms with van der Waals surface area (Å²) in [7, 11) is 0. The van der Waals surface area contributed by atoms with Crippen LogP contribution in [0, 0.1) is 0 Å². The van der Waals surface area contributed by atoms with Gasteiger partial charge in [0, 0.05) is 5.56 Å². The average Bonchev–Trinajstić information content (AvgIpc) is 2.26. The second kappa shape index (κ2) is 5.77. The standard InChI is InChI=1S/C11H13F3O3/c1-2-16-9-5-3-4-8(6-15)10(9)17-7-11(12,13)14/h3-5,15H,2,6-7H2,1H3. The predicted octanol–water partition coefficient (Wildman–Crippen LogP) is 2.52. The molecule has 6 heteroatoms. The lowest BCUT2D eigenvalue weighted by Crippen LogP contribution is -2.20. The first-order valence-corrected chi connectivity index (χ1v) is 5.03. The van der Waals surface area contributed by atoms with E-state index in [1.165, 1.54) is 12.1 Å². The number of ether oxygens (including phenoxy) is 2. The molecule has 0 aliphatic carbocycles. The number of rotatable bonds is 5. The summed E-state index contributed by atoms with van der Waals surface area (Å²) in [4.78, 5) is 0. The Morgan fingerprint density at radius 3 is 2.47 bits per heavy atom. The van der Waals surface area contributed by atoms with Crippen molar-refractivity contribution in [3.63, 3.8) is 0 Å². The van der Waals surface area contributed by atoms with Crippen molar-refractivity contribution < 1.29 is 27.8 Å². The molecule has 1 aromatic carbocycles. The van der Waals surface area contributed by atoms with E-state index in [2.05, 4.69) is 4.74 Å². The maximum absolute atomic E-state index is 12.1. The third-order valence-electron chi connectivity index (χ3n) is 1.91. The van der Waals surface area contributed by atoms with Crippen LogP contribution < -0.4 is 9.47 Å². The molecule has 1 aromatic rings. The molecule has 0 bridgehead atoms. The van der Waals surface area contributed by atoms with Gasteiger partial charge in [-0.05, 0) is 13.0 Å². The molecule has 0 radical (unpaired) electrons. The molecule has 96 valence electrons. The Bertz CT molecular complexity index is 363. The van der Waals surface area contributed by atoms with Gasteiger partial charge in [0.05, 0.1) is 13.2 Å². The Kier molecular flexibility index (Phi) is 4.62. The van der Waals surface area contributed by atoms with E-state index in [0.717, 1.165) is 0 Å². The lowest BCUT2D eigenvalue weighted by molar-refractivity contribution is -0.153. The molecule has 0 spiro atoms. The van der Waals surface area contributed by atoms with Crippen molar-refractivity contribution >= 4 is 0 Å². The van der Waals surface area contributed by atoms with Gasteiger partial charge in [0.2, 0.25) is 0 Å². The molecule has 0 aromatic heterocycles. The molecule has 1 N–H and O–H groups in total. The maximum Gasteiger partial charge on any atom is 0.422 e. The fourth-order valence-electron chi connectivity index (χ4n) is 1.27. The van der Waals surface area contributed by atoms with Crippen molar-refractivity contribution in [1.82, 2.24) is 0 Å². The topological polar surface area (TPSA) is 38.7 Å². The van der Waals surface area contributed by atoms with E-state index in [1.807, 2.05) is 0 Å². The molecule has 0 heterocycles. The summed E-state index contributed by atoms with van der Waals surface area (Å²) < 4.78 is 46.0. The molecule has 0 unspecified atom stereocenters. The summed E-state index contributed by atoms with van der Waals surface area (Å²) in [5.74, 6) is 0.137. The summed E-state index contributed by atoms with van der Waals surface area (Å²) in [6.45, 7) is 0.189. The number of aliphatic hydroxyl groups excluding tert-OH is 1. The van der Waals surface area contributed by atoms with E-state index >= 15 is 0 Å². The number of alkyl halides is 3. The number of aliphatic hydroxyl groups is 1. The van der Waals surface area contributed by atoms with Crippen LogP contribution in [0.4, 0.5) is 13.2 Å². The molecule has 1 rings (SSSR count). The predicted molar refractivity (Wildman–Crippen MR) is 55.1 cm³/mol. The van der Waals surface area contributed by atoms with E-state index in [9.17, 15) is 13.2 Å². The van der Waals surface area contributed by atoms with E-state index in [0.29, 0.717) is 6.61 Å². The van der Waals surface area contributed by atoms with Crippen LogP contribution in [0.3, 0.4) is 0 Å². The fourth-order valence-corrected chi connectivity index (χ4v) is 1.27. The van der Waals surface area contributed by atoms with Gasteiger partial charge in [-0.25, -0.2) is 0 Å². The van der Waals surface area contributed by atoms with E-state index in [4.69, 9.17) is 9.84 Å². The first kappa shape index (κ1) is 13.6. The highest BCUT2D eigenvalue weighted by atomic mass is 19.4. The Balaban J connectivity index is 2.92. The summed E-state index contributed by atoms with van der Waals surface area (Å²) >= 11 is 0. The van der Waals surface area contributed by atoms with Crippen LogP contribution in [0.15, 0.2) is 18.2 Å². The molecular formula is C11H13F3O3. The molecule has 0 atom stereocenters. The Hall–Kier alpha value is -1.43. The monoisotopic (exact) mass is 250 g/mol. The van der Waals surface area contributed by atoms with Crippen LogP contribution in [0.5, 0.6) is 11.5 Å². The minimum absolute atomic E-state index is 0.0609. The van der Waals surface area contributed by atoms with E-state index in [-0.39, 0.29) is 17.1 Å². The molecule has 0 fully saturated rings. The van der Waals surface area contributed by atoms with E-state index in [1.54, 1.807) is 13.0 Å². The Morgan fingerprint density at radius 2 is 1.94 bits per heavy atom. The van der Waals surface area contributed by atoms with Crippen molar-refractivity contribution in [2.45, 2.75) is 19.7 Å². The highest BCUT2D eigenvalue weighted by Crippen LogP contribution is 2.32. The molecule has 3 nitrogen and oxygen atoms in total. The number of benzene rings is 1. The van der Waals surface area contributed by atoms with Gasteiger partial charge in [-0.2, -0.15) is 13.2 Å². The second-order valence-electron chi connectivity index (χ2n) is 3.24. The first-order valence-electron chi connectivity index (χ1n) is 5.03. The second-order valence-corrected chi connectivity index (χ2v) is 3.24. The van der Waals surface area contributed by atoms with E-state index < -0.39 is 19.4 Å². The Morgan fingerprint density at radius 1 is 1.24 bits per heavy atom. The Labute approximate surface area is 96.8 Å². The van der Waals surface area contributed by atoms with Crippen molar-refractivity contribution in [2.75, 3.05) is 13.2 Å². The zero-order valence-electron chi connectivity index (χ0n) is 9.25. The van der Waals surface area contributed by atoms with Crippen LogP contribution in [0.1, 0.15) is 12.5 Å². The lowest BCUT2D eigenvalue weighted by atomic mass is 10.2. The van der Waals surface area contributed by atoms with Gasteiger partial charge >= 0.3 is 6.18 Å². The van der Waals surface area contributed by atoms with Gasteiger partial charge in [0.15, 0.2) is 18.1 Å². The maximum atomic E-state index is 12.1. The van der Waals surface area contributed by atoms with Gasteiger partial charge in [0.25, 0.3) is 0 Å². The average molecular weight is 250 g/mol. The van der Waals surface area contributed by atoms with Crippen molar-refractivity contribution in [3.05, 3.63) is 23.8 Å². The van der Waals surface area contributed by atoms with Gasteiger partial charge in [-0.1, -0.05) is 12.1 Å². The van der Waals surface area contributed by atoms with Crippen LogP contribution in [0.2, 0.25) is 0 Å². The zero-order chi connectivity index (χ0) is 12.9. The lowest BCUT2D eigenvalue weighted by Gasteiger charge is -2.15. The molecule has 17 heavy (non-hydrogen) atoms. The highest BCUT2D eigenvalue weighted by Gasteiger charge is 2.29. The van der Waals surface area contributed by atoms with Crippen LogP contribution in [-0.2, 0) is 6.61 Å².